The van der Waals surface area contributed by atoms with Crippen LogP contribution >= 0.6 is 0 Å². The Morgan fingerprint density at radius 2 is 0.541 bits per heavy atom. The van der Waals surface area contributed by atoms with Crippen LogP contribution in [0.25, 0.3) is 0 Å². The quantitative estimate of drug-likeness (QED) is 0.0336. The SMILES string of the molecule is CCCCCCCCCCCCNC(=O)CCNCCNCCNCCN(CCC(=O)NCCCCCCCCCCCC)CCC(=O)NCCCCCCCCCCCC. The van der Waals surface area contributed by atoms with Crippen molar-refractivity contribution >= 4 is 17.7 Å². The summed E-state index contributed by atoms with van der Waals surface area (Å²) in [5.41, 5.74) is 0. The van der Waals surface area contributed by atoms with E-state index in [2.05, 4.69) is 57.6 Å². The Balaban J connectivity index is 4.15. The summed E-state index contributed by atoms with van der Waals surface area (Å²) < 4.78 is 0. The van der Waals surface area contributed by atoms with Crippen LogP contribution in [0.15, 0.2) is 0 Å². The maximum Gasteiger partial charge on any atom is 0.221 e. The van der Waals surface area contributed by atoms with Crippen molar-refractivity contribution in [1.29, 1.82) is 0 Å². The van der Waals surface area contributed by atoms with E-state index in [9.17, 15) is 14.4 Å². The molecule has 0 aliphatic carbocycles. The first-order valence-corrected chi connectivity index (χ1v) is 26.7. The van der Waals surface area contributed by atoms with Gasteiger partial charge < -0.3 is 36.8 Å². The highest BCUT2D eigenvalue weighted by molar-refractivity contribution is 5.77. The number of rotatable bonds is 51. The fourth-order valence-electron chi connectivity index (χ4n) is 7.81. The molecule has 3 amide bonds. The largest absolute Gasteiger partial charge is 0.356 e. The highest BCUT2D eigenvalue weighted by Gasteiger charge is 2.11. The van der Waals surface area contributed by atoms with Gasteiger partial charge in [0.25, 0.3) is 0 Å². The molecule has 0 aliphatic rings. The lowest BCUT2D eigenvalue weighted by Gasteiger charge is -2.22. The minimum Gasteiger partial charge on any atom is -0.356 e. The van der Waals surface area contributed by atoms with Crippen molar-refractivity contribution in [1.82, 2.24) is 36.8 Å². The van der Waals surface area contributed by atoms with Crippen LogP contribution in [0.3, 0.4) is 0 Å². The van der Waals surface area contributed by atoms with Crippen molar-refractivity contribution in [3.63, 3.8) is 0 Å². The molecule has 0 aromatic rings. The number of nitrogens with zero attached hydrogens (tertiary/aromatic N) is 1. The normalized spacial score (nSPS) is 11.4. The molecule has 10 nitrogen and oxygen atoms in total. The van der Waals surface area contributed by atoms with E-state index in [0.717, 1.165) is 78.2 Å². The summed E-state index contributed by atoms with van der Waals surface area (Å²) >= 11 is 0. The zero-order chi connectivity index (χ0) is 44.4. The van der Waals surface area contributed by atoms with Gasteiger partial charge in [-0.25, -0.2) is 0 Å². The van der Waals surface area contributed by atoms with Crippen molar-refractivity contribution in [3.05, 3.63) is 0 Å². The molecule has 0 aromatic carbocycles. The number of carbonyl (C=O) groups is 3. The first-order chi connectivity index (χ1) is 30.0. The van der Waals surface area contributed by atoms with Crippen LogP contribution in [0.2, 0.25) is 0 Å². The van der Waals surface area contributed by atoms with Crippen molar-refractivity contribution < 1.29 is 14.4 Å². The van der Waals surface area contributed by atoms with E-state index < -0.39 is 0 Å². The number of unbranched alkanes of at least 4 members (excludes halogenated alkanes) is 27. The Kier molecular flexibility index (Phi) is 49.4. The number of carbonyl (C=O) groups excluding carboxylic acids is 3. The molecule has 0 bridgehead atoms. The second-order valence-corrected chi connectivity index (χ2v) is 17.9. The minimum absolute atomic E-state index is 0.113. The molecule has 0 atom stereocenters. The molecule has 0 spiro atoms. The van der Waals surface area contributed by atoms with Gasteiger partial charge in [0.15, 0.2) is 0 Å². The number of amides is 3. The molecule has 10 heteroatoms. The third-order valence-corrected chi connectivity index (χ3v) is 12.0. The minimum atomic E-state index is 0.113. The van der Waals surface area contributed by atoms with Crippen LogP contribution in [0, 0.1) is 0 Å². The van der Waals surface area contributed by atoms with Crippen molar-refractivity contribution in [2.45, 2.75) is 233 Å². The zero-order valence-electron chi connectivity index (χ0n) is 41.0. The lowest BCUT2D eigenvalue weighted by atomic mass is 10.1. The fourth-order valence-corrected chi connectivity index (χ4v) is 7.81. The first kappa shape index (κ1) is 59.2. The average Bonchev–Trinajstić information content (AvgIpc) is 3.26. The third kappa shape index (κ3) is 49.1. The summed E-state index contributed by atoms with van der Waals surface area (Å²) in [6.07, 6.45) is 40.4. The van der Waals surface area contributed by atoms with E-state index in [1.807, 2.05) is 0 Å². The van der Waals surface area contributed by atoms with Crippen LogP contribution in [0.5, 0.6) is 0 Å². The van der Waals surface area contributed by atoms with Gasteiger partial charge in [-0.3, -0.25) is 14.4 Å². The molecule has 0 saturated heterocycles. The Morgan fingerprint density at radius 3 is 0.869 bits per heavy atom. The lowest BCUT2D eigenvalue weighted by molar-refractivity contribution is -0.122. The average molecular weight is 864 g/mol. The number of hydrogen-bond acceptors (Lipinski definition) is 7. The van der Waals surface area contributed by atoms with Crippen LogP contribution in [0.1, 0.15) is 233 Å². The molecule has 362 valence electrons. The molecular weight excluding hydrogens is 759 g/mol. The molecule has 61 heavy (non-hydrogen) atoms. The Morgan fingerprint density at radius 1 is 0.279 bits per heavy atom. The molecule has 0 aromatic heterocycles. The molecule has 0 rings (SSSR count). The molecule has 0 radical (unpaired) electrons. The molecule has 0 aliphatic heterocycles. The van der Waals surface area contributed by atoms with E-state index in [-0.39, 0.29) is 17.7 Å². The second-order valence-electron chi connectivity index (χ2n) is 17.9. The van der Waals surface area contributed by atoms with Gasteiger partial charge in [-0.1, -0.05) is 194 Å². The molecule has 6 N–H and O–H groups in total. The van der Waals surface area contributed by atoms with Gasteiger partial charge in [0.1, 0.15) is 0 Å². The van der Waals surface area contributed by atoms with Crippen LogP contribution in [-0.2, 0) is 14.4 Å². The van der Waals surface area contributed by atoms with Gasteiger partial charge in [-0.2, -0.15) is 0 Å². The summed E-state index contributed by atoms with van der Waals surface area (Å²) in [5, 5.41) is 19.7. The predicted octanol–water partition coefficient (Wildman–Crippen LogP) is 10.3. The Hall–Kier alpha value is -1.75. The maximum atomic E-state index is 12.7. The molecule has 0 unspecified atom stereocenters. The highest BCUT2D eigenvalue weighted by atomic mass is 16.2. The first-order valence-electron chi connectivity index (χ1n) is 26.7. The summed E-state index contributed by atoms with van der Waals surface area (Å²) in [6, 6.07) is 0. The molecular formula is C51H105N7O3. The van der Waals surface area contributed by atoms with E-state index >= 15 is 0 Å². The summed E-state index contributed by atoms with van der Waals surface area (Å²) in [5.74, 6) is 0.369. The lowest BCUT2D eigenvalue weighted by Crippen LogP contribution is -2.39. The smallest absolute Gasteiger partial charge is 0.221 e. The zero-order valence-corrected chi connectivity index (χ0v) is 41.0. The van der Waals surface area contributed by atoms with Crippen molar-refractivity contribution in [2.75, 3.05) is 78.5 Å². The topological polar surface area (TPSA) is 127 Å². The van der Waals surface area contributed by atoms with Gasteiger partial charge in [0, 0.05) is 97.8 Å². The van der Waals surface area contributed by atoms with Gasteiger partial charge in [-0.05, 0) is 19.3 Å². The maximum absolute atomic E-state index is 12.7. The molecule has 0 heterocycles. The molecule has 0 saturated carbocycles. The summed E-state index contributed by atoms with van der Waals surface area (Å²) in [6.45, 7) is 16.2. The summed E-state index contributed by atoms with van der Waals surface area (Å²) in [7, 11) is 0. The Labute approximate surface area is 379 Å². The van der Waals surface area contributed by atoms with Crippen LogP contribution in [-0.4, -0.2) is 101 Å². The Bertz CT molecular complexity index is 883. The van der Waals surface area contributed by atoms with Gasteiger partial charge in [0.2, 0.25) is 17.7 Å². The van der Waals surface area contributed by atoms with Gasteiger partial charge >= 0.3 is 0 Å². The van der Waals surface area contributed by atoms with Crippen molar-refractivity contribution in [2.24, 2.45) is 0 Å². The van der Waals surface area contributed by atoms with E-state index in [0.29, 0.717) is 38.9 Å². The van der Waals surface area contributed by atoms with E-state index in [4.69, 9.17) is 0 Å². The van der Waals surface area contributed by atoms with Crippen LogP contribution < -0.4 is 31.9 Å². The summed E-state index contributed by atoms with van der Waals surface area (Å²) in [4.78, 5) is 39.8. The predicted molar refractivity (Wildman–Crippen MR) is 263 cm³/mol. The van der Waals surface area contributed by atoms with Crippen molar-refractivity contribution in [3.8, 4) is 0 Å². The third-order valence-electron chi connectivity index (χ3n) is 12.0. The van der Waals surface area contributed by atoms with Crippen LogP contribution in [0.4, 0.5) is 0 Å². The van der Waals surface area contributed by atoms with Gasteiger partial charge in [-0.15, -0.1) is 0 Å². The number of hydrogen-bond donors (Lipinski definition) is 6. The molecule has 0 fully saturated rings. The fraction of sp³-hybridized carbons (Fsp3) is 0.941. The standard InChI is InChI=1S/C51H105N7O3/c1-4-7-10-13-16-19-22-25-28-31-37-55-49(59)34-40-52-41-42-53-43-44-54-45-48-58(46-35-50(60)56-38-32-29-26-23-20-17-14-11-8-5-2)47-36-51(61)57-39-33-30-27-24-21-18-15-12-9-6-3/h52-54H,4-48H2,1-3H3,(H,55,59)(H,56,60)(H,57,61). The van der Waals surface area contributed by atoms with E-state index in [1.165, 1.54) is 173 Å². The highest BCUT2D eigenvalue weighted by Crippen LogP contribution is 2.12. The van der Waals surface area contributed by atoms with Gasteiger partial charge in [0.05, 0.1) is 0 Å². The monoisotopic (exact) mass is 864 g/mol. The second kappa shape index (κ2) is 50.9. The number of nitrogens with one attached hydrogen (secondary N) is 6. The van der Waals surface area contributed by atoms with E-state index in [1.54, 1.807) is 0 Å².